The van der Waals surface area contributed by atoms with Crippen molar-refractivity contribution in [2.45, 2.75) is 23.5 Å². The summed E-state index contributed by atoms with van der Waals surface area (Å²) >= 11 is 19.7. The zero-order valence-corrected chi connectivity index (χ0v) is 25.5. The van der Waals surface area contributed by atoms with Crippen LogP contribution in [0.25, 0.3) is 6.08 Å². The second kappa shape index (κ2) is 14.9. The van der Waals surface area contributed by atoms with E-state index in [1.165, 1.54) is 17.8 Å². The molecule has 1 atom stereocenters. The Morgan fingerprint density at radius 3 is 2.19 bits per heavy atom. The molecule has 0 radical (unpaired) electrons. The lowest BCUT2D eigenvalue weighted by molar-refractivity contribution is -0.116. The van der Waals surface area contributed by atoms with E-state index in [9.17, 15) is 14.4 Å². The summed E-state index contributed by atoms with van der Waals surface area (Å²) in [7, 11) is 0. The molecule has 0 aromatic heterocycles. The third-order valence-corrected chi connectivity index (χ3v) is 8.40. The van der Waals surface area contributed by atoms with Crippen LogP contribution in [0, 0.1) is 0 Å². The van der Waals surface area contributed by atoms with Crippen LogP contribution in [0.4, 0.5) is 11.4 Å². The zero-order valence-electron chi connectivity index (χ0n) is 22.4. The molecular weight excluding hydrogens is 613 g/mol. The largest absolute Gasteiger partial charge is 0.325 e. The Labute approximate surface area is 263 Å². The average Bonchev–Trinajstić information content (AvgIpc) is 2.99. The summed E-state index contributed by atoms with van der Waals surface area (Å²) in [6.45, 7) is 1.92. The SMILES string of the molecule is CCC(Sc1cccc(NC(=O)/C(=C\c2ccccc2Cl)NC(=O)c2ccccc2)c1)C(=O)Nc1ccc(Cl)c(Cl)c1. The Morgan fingerprint density at radius 2 is 1.48 bits per heavy atom. The number of rotatable bonds is 10. The third kappa shape index (κ3) is 8.63. The monoisotopic (exact) mass is 637 g/mol. The molecule has 0 aliphatic heterocycles. The van der Waals surface area contributed by atoms with Gasteiger partial charge in [0.1, 0.15) is 5.70 Å². The first-order valence-corrected chi connectivity index (χ1v) is 14.9. The van der Waals surface area contributed by atoms with E-state index in [1.807, 2.05) is 13.0 Å². The van der Waals surface area contributed by atoms with Gasteiger partial charge in [-0.3, -0.25) is 14.4 Å². The third-order valence-electron chi connectivity index (χ3n) is 5.95. The standard InChI is InChI=1S/C32H26Cl3N3O3S/c1-2-29(32(41)37-23-15-16-26(34)27(35)19-23)42-24-13-8-12-22(18-24)36-31(40)28(17-21-11-6-7-14-25(21)33)38-30(39)20-9-4-3-5-10-20/h3-19,29H,2H2,1H3,(H,36,40)(H,37,41)(H,38,39)/b28-17+. The van der Waals surface area contributed by atoms with E-state index >= 15 is 0 Å². The smallest absolute Gasteiger partial charge is 0.272 e. The van der Waals surface area contributed by atoms with Crippen molar-refractivity contribution in [1.82, 2.24) is 5.32 Å². The molecule has 0 fully saturated rings. The van der Waals surface area contributed by atoms with Crippen molar-refractivity contribution in [2.75, 3.05) is 10.6 Å². The second-order valence-electron chi connectivity index (χ2n) is 9.01. The molecule has 214 valence electrons. The maximum Gasteiger partial charge on any atom is 0.272 e. The van der Waals surface area contributed by atoms with E-state index in [2.05, 4.69) is 16.0 Å². The molecule has 0 aliphatic rings. The maximum atomic E-state index is 13.4. The van der Waals surface area contributed by atoms with Crippen LogP contribution in [0.5, 0.6) is 0 Å². The van der Waals surface area contributed by atoms with E-state index in [0.717, 1.165) is 4.90 Å². The Kier molecular flexibility index (Phi) is 11.1. The lowest BCUT2D eigenvalue weighted by atomic mass is 10.1. The number of hydrogen-bond donors (Lipinski definition) is 3. The molecule has 0 heterocycles. The normalized spacial score (nSPS) is 11.9. The predicted molar refractivity (Wildman–Crippen MR) is 173 cm³/mol. The van der Waals surface area contributed by atoms with Gasteiger partial charge in [-0.2, -0.15) is 0 Å². The van der Waals surface area contributed by atoms with E-state index < -0.39 is 17.1 Å². The summed E-state index contributed by atoms with van der Waals surface area (Å²) in [5, 5.41) is 9.19. The van der Waals surface area contributed by atoms with Crippen LogP contribution < -0.4 is 16.0 Å². The minimum absolute atomic E-state index is 0.0162. The minimum atomic E-state index is -0.536. The fourth-order valence-corrected chi connectivity index (χ4v) is 5.32. The molecule has 0 saturated carbocycles. The lowest BCUT2D eigenvalue weighted by Crippen LogP contribution is -2.30. The zero-order chi connectivity index (χ0) is 30.1. The van der Waals surface area contributed by atoms with Crippen LogP contribution >= 0.6 is 46.6 Å². The van der Waals surface area contributed by atoms with Crippen LogP contribution in [-0.4, -0.2) is 23.0 Å². The van der Waals surface area contributed by atoms with Crippen LogP contribution in [0.1, 0.15) is 29.3 Å². The van der Waals surface area contributed by atoms with Gasteiger partial charge in [0, 0.05) is 26.9 Å². The number of amides is 3. The van der Waals surface area contributed by atoms with Gasteiger partial charge >= 0.3 is 0 Å². The van der Waals surface area contributed by atoms with Gasteiger partial charge in [-0.25, -0.2) is 0 Å². The van der Waals surface area contributed by atoms with Crippen molar-refractivity contribution in [3.63, 3.8) is 0 Å². The summed E-state index contributed by atoms with van der Waals surface area (Å²) in [6.07, 6.45) is 2.09. The van der Waals surface area contributed by atoms with Crippen molar-refractivity contribution in [1.29, 1.82) is 0 Å². The van der Waals surface area contributed by atoms with Crippen LogP contribution in [0.15, 0.2) is 108 Å². The topological polar surface area (TPSA) is 87.3 Å². The summed E-state index contributed by atoms with van der Waals surface area (Å²) in [6, 6.07) is 27.6. The lowest BCUT2D eigenvalue weighted by Gasteiger charge is -2.16. The number of carbonyl (C=O) groups is 3. The van der Waals surface area contributed by atoms with E-state index in [1.54, 1.807) is 91.0 Å². The van der Waals surface area contributed by atoms with Crippen LogP contribution in [0.2, 0.25) is 15.1 Å². The number of benzene rings is 4. The number of hydrogen-bond acceptors (Lipinski definition) is 4. The van der Waals surface area contributed by atoms with Gasteiger partial charge in [0.05, 0.1) is 15.3 Å². The van der Waals surface area contributed by atoms with Crippen LogP contribution in [-0.2, 0) is 9.59 Å². The van der Waals surface area contributed by atoms with Crippen molar-refractivity contribution >= 4 is 81.7 Å². The molecule has 3 amide bonds. The average molecular weight is 639 g/mol. The Morgan fingerprint density at radius 1 is 0.762 bits per heavy atom. The molecule has 0 saturated heterocycles. The molecule has 0 spiro atoms. The number of carbonyl (C=O) groups excluding carboxylic acids is 3. The first kappa shape index (κ1) is 31.2. The van der Waals surface area contributed by atoms with Gasteiger partial charge in [-0.1, -0.05) is 84.2 Å². The number of thioether (sulfide) groups is 1. The van der Waals surface area contributed by atoms with Gasteiger partial charge < -0.3 is 16.0 Å². The highest BCUT2D eigenvalue weighted by Crippen LogP contribution is 2.30. The molecule has 6 nitrogen and oxygen atoms in total. The van der Waals surface area contributed by atoms with Gasteiger partial charge in [-0.15, -0.1) is 11.8 Å². The van der Waals surface area contributed by atoms with Crippen molar-refractivity contribution in [3.05, 3.63) is 129 Å². The Balaban J connectivity index is 1.50. The minimum Gasteiger partial charge on any atom is -0.325 e. The highest BCUT2D eigenvalue weighted by molar-refractivity contribution is 8.00. The van der Waals surface area contributed by atoms with Gasteiger partial charge in [-0.05, 0) is 72.7 Å². The molecule has 4 aromatic rings. The Hall–Kier alpha value is -3.75. The second-order valence-corrected chi connectivity index (χ2v) is 11.5. The molecule has 1 unspecified atom stereocenters. The van der Waals surface area contributed by atoms with Crippen LogP contribution in [0.3, 0.4) is 0 Å². The fraction of sp³-hybridized carbons (Fsp3) is 0.0938. The van der Waals surface area contributed by atoms with Crippen molar-refractivity contribution in [3.8, 4) is 0 Å². The van der Waals surface area contributed by atoms with Gasteiger partial charge in [0.25, 0.3) is 11.8 Å². The Bertz CT molecular complexity index is 1630. The summed E-state index contributed by atoms with van der Waals surface area (Å²) < 4.78 is 0. The quantitative estimate of drug-likeness (QED) is 0.120. The molecule has 10 heteroatoms. The molecule has 4 aromatic carbocycles. The first-order valence-electron chi connectivity index (χ1n) is 12.9. The fourth-order valence-electron chi connectivity index (χ4n) is 3.82. The molecule has 0 aliphatic carbocycles. The first-order chi connectivity index (χ1) is 20.2. The highest BCUT2D eigenvalue weighted by Gasteiger charge is 2.20. The van der Waals surface area contributed by atoms with E-state index in [4.69, 9.17) is 34.8 Å². The molecule has 42 heavy (non-hydrogen) atoms. The summed E-state index contributed by atoms with van der Waals surface area (Å²) in [5.74, 6) is -1.17. The van der Waals surface area contributed by atoms with Gasteiger partial charge in [0.2, 0.25) is 5.91 Å². The molecule has 3 N–H and O–H groups in total. The number of halogens is 3. The van der Waals surface area contributed by atoms with E-state index in [0.29, 0.717) is 44.0 Å². The van der Waals surface area contributed by atoms with E-state index in [-0.39, 0.29) is 11.6 Å². The van der Waals surface area contributed by atoms with Crippen molar-refractivity contribution < 1.29 is 14.4 Å². The van der Waals surface area contributed by atoms with Crippen molar-refractivity contribution in [2.24, 2.45) is 0 Å². The number of nitrogens with one attached hydrogen (secondary N) is 3. The maximum absolute atomic E-state index is 13.4. The summed E-state index contributed by atoms with van der Waals surface area (Å²) in [4.78, 5) is 40.1. The number of anilines is 2. The molecule has 0 bridgehead atoms. The molecular formula is C32H26Cl3N3O3S. The summed E-state index contributed by atoms with van der Waals surface area (Å²) in [5.41, 5.74) is 2.02. The predicted octanol–water partition coefficient (Wildman–Crippen LogP) is 8.57. The highest BCUT2D eigenvalue weighted by atomic mass is 35.5. The van der Waals surface area contributed by atoms with Gasteiger partial charge in [0.15, 0.2) is 0 Å². The molecule has 4 rings (SSSR count).